The van der Waals surface area contributed by atoms with Gasteiger partial charge in [-0.2, -0.15) is 9.97 Å². The molecule has 10 rings (SSSR count). The SMILES string of the molecule is CC1(C)c2ccccc2-c2cc(-c3cccc4c5cc6ccccc6cc5n(-c5nc(-c6ccccc6)nc(-c6ccccc6)n5)c34)ccc21. The summed E-state index contributed by atoms with van der Waals surface area (Å²) in [7, 11) is 0. The van der Waals surface area contributed by atoms with Crippen molar-refractivity contribution in [3.8, 4) is 51.0 Å². The van der Waals surface area contributed by atoms with E-state index >= 15 is 0 Å². The van der Waals surface area contributed by atoms with E-state index in [0.29, 0.717) is 17.6 Å². The number of aromatic nitrogens is 4. The number of fused-ring (bicyclic) bond motifs is 7. The van der Waals surface area contributed by atoms with Crippen molar-refractivity contribution in [3.63, 3.8) is 0 Å². The number of hydrogen-bond acceptors (Lipinski definition) is 3. The summed E-state index contributed by atoms with van der Waals surface area (Å²) < 4.78 is 2.26. The Labute approximate surface area is 290 Å². The van der Waals surface area contributed by atoms with Crippen LogP contribution in [0.1, 0.15) is 25.0 Å². The maximum atomic E-state index is 5.23. The Morgan fingerprint density at radius 3 is 1.76 bits per heavy atom. The van der Waals surface area contributed by atoms with Crippen LogP contribution in [0, 0.1) is 0 Å². The summed E-state index contributed by atoms with van der Waals surface area (Å²) in [6.07, 6.45) is 0. The van der Waals surface area contributed by atoms with Gasteiger partial charge in [0, 0.05) is 32.9 Å². The van der Waals surface area contributed by atoms with Crippen molar-refractivity contribution >= 4 is 32.6 Å². The monoisotopic (exact) mass is 640 g/mol. The van der Waals surface area contributed by atoms with E-state index in [1.807, 2.05) is 36.4 Å². The quantitative estimate of drug-likeness (QED) is 0.192. The Morgan fingerprint density at radius 1 is 0.440 bits per heavy atom. The fourth-order valence-corrected chi connectivity index (χ4v) is 7.98. The number of nitrogens with zero attached hydrogens (tertiary/aromatic N) is 4. The minimum absolute atomic E-state index is 0.0575. The third kappa shape index (κ3) is 4.28. The van der Waals surface area contributed by atoms with Gasteiger partial charge >= 0.3 is 0 Å². The fourth-order valence-electron chi connectivity index (χ4n) is 7.98. The molecule has 1 aliphatic carbocycles. The van der Waals surface area contributed by atoms with E-state index in [9.17, 15) is 0 Å². The summed E-state index contributed by atoms with van der Waals surface area (Å²) in [5.74, 6) is 1.87. The van der Waals surface area contributed by atoms with E-state index in [4.69, 9.17) is 15.0 Å². The molecule has 7 aromatic carbocycles. The molecule has 9 aromatic rings. The van der Waals surface area contributed by atoms with Gasteiger partial charge in [-0.25, -0.2) is 4.98 Å². The van der Waals surface area contributed by atoms with Gasteiger partial charge in [-0.3, -0.25) is 4.57 Å². The highest BCUT2D eigenvalue weighted by Gasteiger charge is 2.35. The van der Waals surface area contributed by atoms with Crippen LogP contribution in [0.3, 0.4) is 0 Å². The van der Waals surface area contributed by atoms with Gasteiger partial charge in [-0.1, -0.05) is 153 Å². The van der Waals surface area contributed by atoms with Crippen LogP contribution in [0.25, 0.3) is 83.6 Å². The molecular formula is C46H32N4. The molecule has 0 spiro atoms. The van der Waals surface area contributed by atoms with Crippen LogP contribution in [-0.4, -0.2) is 19.5 Å². The summed E-state index contributed by atoms with van der Waals surface area (Å²) in [5, 5.41) is 4.69. The molecule has 4 nitrogen and oxygen atoms in total. The molecule has 0 saturated heterocycles. The molecule has 2 heterocycles. The number of benzene rings is 7. The predicted octanol–water partition coefficient (Wildman–Crippen LogP) is 11.4. The van der Waals surface area contributed by atoms with Crippen molar-refractivity contribution in [2.24, 2.45) is 0 Å². The Hall–Kier alpha value is -6.39. The van der Waals surface area contributed by atoms with Gasteiger partial charge in [0.05, 0.1) is 11.0 Å². The van der Waals surface area contributed by atoms with E-state index in [2.05, 4.69) is 140 Å². The van der Waals surface area contributed by atoms with Crippen LogP contribution in [0.4, 0.5) is 0 Å². The van der Waals surface area contributed by atoms with E-state index in [-0.39, 0.29) is 5.41 Å². The van der Waals surface area contributed by atoms with E-state index in [1.165, 1.54) is 33.0 Å². The molecule has 0 radical (unpaired) electrons. The average molecular weight is 641 g/mol. The van der Waals surface area contributed by atoms with E-state index < -0.39 is 0 Å². The first-order valence-electron chi connectivity index (χ1n) is 17.1. The predicted molar refractivity (Wildman–Crippen MR) is 206 cm³/mol. The van der Waals surface area contributed by atoms with Gasteiger partial charge in [-0.15, -0.1) is 0 Å². The Balaban J connectivity index is 1.31. The lowest BCUT2D eigenvalue weighted by Crippen LogP contribution is -2.14. The lowest BCUT2D eigenvalue weighted by molar-refractivity contribution is 0.660. The van der Waals surface area contributed by atoms with Crippen LogP contribution >= 0.6 is 0 Å². The molecule has 0 saturated carbocycles. The average Bonchev–Trinajstić information content (AvgIpc) is 3.62. The fraction of sp³-hybridized carbons (Fsp3) is 0.0652. The van der Waals surface area contributed by atoms with Crippen LogP contribution in [0.5, 0.6) is 0 Å². The van der Waals surface area contributed by atoms with E-state index in [1.54, 1.807) is 0 Å². The first kappa shape index (κ1) is 28.6. The Morgan fingerprint density at radius 2 is 1.04 bits per heavy atom. The standard InChI is InChI=1S/C46H32N4/c1-46(2)39-23-12-11-20-35(39)37-27-33(24-25-40(37)46)34-21-13-22-36-38-26-31-18-9-10-19-32(31)28-41(38)50(42(34)36)45-48-43(29-14-5-3-6-15-29)47-44(49-45)30-16-7-4-8-17-30/h3-28H,1-2H3. The molecule has 0 unspecified atom stereocenters. The molecule has 0 N–H and O–H groups in total. The lowest BCUT2D eigenvalue weighted by Gasteiger charge is -2.21. The largest absolute Gasteiger partial charge is 0.277 e. The summed E-state index contributed by atoms with van der Waals surface area (Å²) >= 11 is 0. The molecule has 1 aliphatic rings. The molecule has 50 heavy (non-hydrogen) atoms. The van der Waals surface area contributed by atoms with Crippen molar-refractivity contribution in [1.82, 2.24) is 19.5 Å². The smallest absolute Gasteiger partial charge is 0.238 e. The molecule has 4 heteroatoms. The number of rotatable bonds is 4. The third-order valence-corrected chi connectivity index (χ3v) is 10.4. The second-order valence-electron chi connectivity index (χ2n) is 13.7. The lowest BCUT2D eigenvalue weighted by atomic mass is 9.82. The van der Waals surface area contributed by atoms with Gasteiger partial charge < -0.3 is 0 Å². The molecule has 2 aromatic heterocycles. The zero-order chi connectivity index (χ0) is 33.4. The van der Waals surface area contributed by atoms with Gasteiger partial charge in [0.1, 0.15) is 0 Å². The van der Waals surface area contributed by atoms with Crippen molar-refractivity contribution in [3.05, 3.63) is 169 Å². The van der Waals surface area contributed by atoms with Gasteiger partial charge in [-0.05, 0) is 56.8 Å². The molecule has 0 aliphatic heterocycles. The molecule has 0 atom stereocenters. The molecule has 236 valence electrons. The maximum absolute atomic E-state index is 5.23. The molecule has 0 fully saturated rings. The van der Waals surface area contributed by atoms with Gasteiger partial charge in [0.15, 0.2) is 11.6 Å². The number of para-hydroxylation sites is 1. The Kier molecular flexibility index (Phi) is 6.19. The summed E-state index contributed by atoms with van der Waals surface area (Å²) in [6, 6.07) is 56.0. The highest BCUT2D eigenvalue weighted by Crippen LogP contribution is 2.50. The second kappa shape index (κ2) is 10.8. The van der Waals surface area contributed by atoms with Crippen molar-refractivity contribution < 1.29 is 0 Å². The molecule has 0 bridgehead atoms. The minimum Gasteiger partial charge on any atom is -0.277 e. The van der Waals surface area contributed by atoms with Crippen molar-refractivity contribution in [1.29, 1.82) is 0 Å². The van der Waals surface area contributed by atoms with Crippen molar-refractivity contribution in [2.45, 2.75) is 19.3 Å². The number of hydrogen-bond donors (Lipinski definition) is 0. The third-order valence-electron chi connectivity index (χ3n) is 10.4. The highest BCUT2D eigenvalue weighted by atomic mass is 15.2. The second-order valence-corrected chi connectivity index (χ2v) is 13.7. The van der Waals surface area contributed by atoms with Gasteiger partial charge in [0.25, 0.3) is 0 Å². The first-order valence-corrected chi connectivity index (χ1v) is 17.1. The zero-order valence-electron chi connectivity index (χ0n) is 27.8. The van der Waals surface area contributed by atoms with E-state index in [0.717, 1.165) is 44.1 Å². The summed E-state index contributed by atoms with van der Waals surface area (Å²) in [6.45, 7) is 4.66. The maximum Gasteiger partial charge on any atom is 0.238 e. The minimum atomic E-state index is -0.0575. The first-order chi connectivity index (χ1) is 24.5. The van der Waals surface area contributed by atoms with Crippen LogP contribution in [-0.2, 0) is 5.41 Å². The van der Waals surface area contributed by atoms with Crippen molar-refractivity contribution in [2.75, 3.05) is 0 Å². The summed E-state index contributed by atoms with van der Waals surface area (Å²) in [4.78, 5) is 15.5. The van der Waals surface area contributed by atoms with Crippen LogP contribution in [0.2, 0.25) is 0 Å². The normalized spacial score (nSPS) is 13.2. The highest BCUT2D eigenvalue weighted by molar-refractivity contribution is 6.17. The topological polar surface area (TPSA) is 43.6 Å². The summed E-state index contributed by atoms with van der Waals surface area (Å²) in [5.41, 5.74) is 11.6. The van der Waals surface area contributed by atoms with Crippen LogP contribution in [0.15, 0.2) is 158 Å². The van der Waals surface area contributed by atoms with Gasteiger partial charge in [0.2, 0.25) is 5.95 Å². The molecular weight excluding hydrogens is 609 g/mol. The van der Waals surface area contributed by atoms with Crippen LogP contribution < -0.4 is 0 Å². The molecule has 0 amide bonds. The Bertz CT molecular complexity index is 2720. The zero-order valence-corrected chi connectivity index (χ0v) is 27.8.